The van der Waals surface area contributed by atoms with Crippen molar-refractivity contribution < 1.29 is 22.7 Å². The fraction of sp³-hybridized carbons (Fsp3) is 0.214. The number of urea groups is 1. The first-order valence-electron chi connectivity index (χ1n) is 7.30. The van der Waals surface area contributed by atoms with Gasteiger partial charge in [0.05, 0.1) is 12.8 Å². The molecule has 1 aromatic carbocycles. The Balaban J connectivity index is 2.20. The Hall–Kier alpha value is -2.99. The lowest BCUT2D eigenvalue weighted by atomic mass is 10.3. The minimum absolute atomic E-state index is 0.0267. The van der Waals surface area contributed by atoms with Gasteiger partial charge in [-0.1, -0.05) is 12.1 Å². The van der Waals surface area contributed by atoms with Crippen LogP contribution < -0.4 is 20.1 Å². The number of hydrogen-bond donors (Lipinski definition) is 3. The van der Waals surface area contributed by atoms with Crippen LogP contribution in [0.25, 0.3) is 0 Å². The summed E-state index contributed by atoms with van der Waals surface area (Å²) in [5.41, 5.74) is -0.0267. The van der Waals surface area contributed by atoms with Gasteiger partial charge >= 0.3 is 12.0 Å². The van der Waals surface area contributed by atoms with Gasteiger partial charge < -0.3 is 10.1 Å². The molecular formula is C14H15ClN6O5S. The summed E-state index contributed by atoms with van der Waals surface area (Å²) in [5, 5.41) is 4.52. The number of para-hydroxylation sites is 1. The number of aryl methyl sites for hydroxylation is 1. The molecule has 0 atom stereocenters. The summed E-state index contributed by atoms with van der Waals surface area (Å²) in [7, 11) is -2.98. The summed E-state index contributed by atoms with van der Waals surface area (Å²) in [5.74, 6) is -0.899. The molecular weight excluding hydrogens is 400 g/mol. The largest absolute Gasteiger partial charge is 0.467 e. The number of ether oxygens (including phenoxy) is 1. The second kappa shape index (κ2) is 8.60. The maximum Gasteiger partial charge on any atom is 0.335 e. The van der Waals surface area contributed by atoms with E-state index in [1.165, 1.54) is 31.4 Å². The minimum Gasteiger partial charge on any atom is -0.467 e. The van der Waals surface area contributed by atoms with Gasteiger partial charge in [-0.3, -0.25) is 10.1 Å². The Morgan fingerprint density at radius 3 is 2.52 bits per heavy atom. The standard InChI is InChI=1S/C14H15ClN6O5S/c1-8-16-12(20-14(17-8)26-2)19-13(23)21-27(24,25)10-6-4-3-5-9(10)18-11(22)7-15/h3-6H,7H2,1-2H3,(H,18,22)(H2,16,17,19,20,21,23). The molecule has 3 amide bonds. The average molecular weight is 415 g/mol. The van der Waals surface area contributed by atoms with E-state index >= 15 is 0 Å². The molecule has 144 valence electrons. The lowest BCUT2D eigenvalue weighted by Crippen LogP contribution is -2.35. The Labute approximate surface area is 159 Å². The predicted octanol–water partition coefficient (Wildman–Crippen LogP) is 0.876. The number of alkyl halides is 1. The van der Waals surface area contributed by atoms with Gasteiger partial charge in [0.2, 0.25) is 11.9 Å². The van der Waals surface area contributed by atoms with Crippen molar-refractivity contribution in [3.8, 4) is 6.01 Å². The fourth-order valence-electron chi connectivity index (χ4n) is 1.90. The number of methoxy groups -OCH3 is 1. The summed E-state index contributed by atoms with van der Waals surface area (Å²) in [6, 6.07) is 4.37. The number of sulfonamides is 1. The van der Waals surface area contributed by atoms with Gasteiger partial charge in [-0.15, -0.1) is 11.6 Å². The number of halogens is 1. The molecule has 13 heteroatoms. The highest BCUT2D eigenvalue weighted by Gasteiger charge is 2.22. The summed E-state index contributed by atoms with van der Waals surface area (Å²) in [4.78, 5) is 34.7. The first-order valence-corrected chi connectivity index (χ1v) is 9.32. The van der Waals surface area contributed by atoms with Gasteiger partial charge in [0.1, 0.15) is 16.6 Å². The maximum atomic E-state index is 12.5. The second-order valence-electron chi connectivity index (χ2n) is 4.93. The predicted molar refractivity (Wildman–Crippen MR) is 96.2 cm³/mol. The molecule has 11 nitrogen and oxygen atoms in total. The highest BCUT2D eigenvalue weighted by molar-refractivity contribution is 7.90. The van der Waals surface area contributed by atoms with Crippen molar-refractivity contribution in [2.45, 2.75) is 11.8 Å². The smallest absolute Gasteiger partial charge is 0.335 e. The number of carbonyl (C=O) groups is 2. The number of rotatable bonds is 6. The number of benzene rings is 1. The molecule has 0 bridgehead atoms. The van der Waals surface area contributed by atoms with Gasteiger partial charge in [0, 0.05) is 0 Å². The minimum atomic E-state index is -4.31. The van der Waals surface area contributed by atoms with Gasteiger partial charge in [-0.2, -0.15) is 15.0 Å². The van der Waals surface area contributed by atoms with Crippen LogP contribution in [0.2, 0.25) is 0 Å². The van der Waals surface area contributed by atoms with Gasteiger partial charge in [-0.05, 0) is 19.1 Å². The van der Waals surface area contributed by atoms with E-state index in [0.717, 1.165) is 0 Å². The monoisotopic (exact) mass is 414 g/mol. The number of hydrogen-bond acceptors (Lipinski definition) is 8. The third kappa shape index (κ3) is 5.49. The third-order valence-corrected chi connectivity index (χ3v) is 4.57. The molecule has 0 saturated heterocycles. The highest BCUT2D eigenvalue weighted by atomic mass is 35.5. The molecule has 0 fully saturated rings. The SMILES string of the molecule is COc1nc(C)nc(NC(=O)NS(=O)(=O)c2ccccc2NC(=O)CCl)n1. The fourth-order valence-corrected chi connectivity index (χ4v) is 3.03. The molecule has 0 aliphatic rings. The average Bonchev–Trinajstić information content (AvgIpc) is 2.60. The van der Waals surface area contributed by atoms with Crippen LogP contribution in [0.3, 0.4) is 0 Å². The van der Waals surface area contributed by atoms with Gasteiger partial charge in [0.25, 0.3) is 10.0 Å². The molecule has 1 aromatic heterocycles. The van der Waals surface area contributed by atoms with E-state index in [0.29, 0.717) is 0 Å². The van der Waals surface area contributed by atoms with E-state index in [-0.39, 0.29) is 34.2 Å². The molecule has 2 rings (SSSR count). The second-order valence-corrected chi connectivity index (χ2v) is 6.85. The van der Waals surface area contributed by atoms with Gasteiger partial charge in [0.15, 0.2) is 0 Å². The Morgan fingerprint density at radius 2 is 1.85 bits per heavy atom. The van der Waals surface area contributed by atoms with Gasteiger partial charge in [-0.25, -0.2) is 17.9 Å². The zero-order chi connectivity index (χ0) is 20.0. The quantitative estimate of drug-likeness (QED) is 0.589. The number of nitrogens with zero attached hydrogens (tertiary/aromatic N) is 3. The van der Waals surface area contributed by atoms with Crippen molar-refractivity contribution in [3.63, 3.8) is 0 Å². The van der Waals surface area contributed by atoms with Crippen LogP contribution >= 0.6 is 11.6 Å². The summed E-state index contributed by atoms with van der Waals surface area (Å²) >= 11 is 5.41. The number of carbonyl (C=O) groups excluding carboxylic acids is 2. The van der Waals surface area contributed by atoms with Crippen molar-refractivity contribution in [2.24, 2.45) is 0 Å². The van der Waals surface area contributed by atoms with Crippen LogP contribution in [0.15, 0.2) is 29.2 Å². The molecule has 0 unspecified atom stereocenters. The summed E-state index contributed by atoms with van der Waals surface area (Å²) in [6.07, 6.45) is 0. The number of aromatic nitrogens is 3. The van der Waals surface area contributed by atoms with Crippen molar-refractivity contribution in [2.75, 3.05) is 23.6 Å². The maximum absolute atomic E-state index is 12.5. The molecule has 1 heterocycles. The molecule has 27 heavy (non-hydrogen) atoms. The lowest BCUT2D eigenvalue weighted by molar-refractivity contribution is -0.113. The van der Waals surface area contributed by atoms with E-state index < -0.39 is 22.0 Å². The number of anilines is 2. The molecule has 2 aromatic rings. The van der Waals surface area contributed by atoms with E-state index in [1.54, 1.807) is 11.6 Å². The first kappa shape index (κ1) is 20.3. The summed E-state index contributed by atoms with van der Waals surface area (Å²) < 4.78 is 31.6. The number of amides is 3. The van der Waals surface area contributed by atoms with Crippen molar-refractivity contribution in [3.05, 3.63) is 30.1 Å². The summed E-state index contributed by atoms with van der Waals surface area (Å²) in [6.45, 7) is 1.54. The Morgan fingerprint density at radius 1 is 1.15 bits per heavy atom. The number of nitrogens with one attached hydrogen (secondary N) is 3. The van der Waals surface area contributed by atoms with E-state index in [2.05, 4.69) is 25.6 Å². The van der Waals surface area contributed by atoms with Crippen LogP contribution in [0.5, 0.6) is 6.01 Å². The zero-order valence-corrected chi connectivity index (χ0v) is 15.8. The van der Waals surface area contributed by atoms with Crippen LogP contribution in [0.4, 0.5) is 16.4 Å². The Bertz CT molecular complexity index is 968. The normalized spacial score (nSPS) is 10.8. The lowest BCUT2D eigenvalue weighted by Gasteiger charge is -2.12. The molecule has 0 aliphatic carbocycles. The van der Waals surface area contributed by atoms with Crippen molar-refractivity contribution in [1.82, 2.24) is 19.7 Å². The molecule has 0 radical (unpaired) electrons. The third-order valence-electron chi connectivity index (χ3n) is 2.93. The van der Waals surface area contributed by atoms with Crippen LogP contribution in [0, 0.1) is 6.92 Å². The molecule has 3 N–H and O–H groups in total. The highest BCUT2D eigenvalue weighted by Crippen LogP contribution is 2.20. The van der Waals surface area contributed by atoms with Crippen LogP contribution in [-0.2, 0) is 14.8 Å². The van der Waals surface area contributed by atoms with E-state index in [1.807, 2.05) is 0 Å². The molecule has 0 spiro atoms. The molecule has 0 saturated carbocycles. The first-order chi connectivity index (χ1) is 12.7. The van der Waals surface area contributed by atoms with Crippen molar-refractivity contribution >= 4 is 45.2 Å². The van der Waals surface area contributed by atoms with E-state index in [9.17, 15) is 18.0 Å². The molecule has 0 aliphatic heterocycles. The Kier molecular flexibility index (Phi) is 6.47. The van der Waals surface area contributed by atoms with Crippen LogP contribution in [-0.4, -0.2) is 48.3 Å². The topological polar surface area (TPSA) is 152 Å². The van der Waals surface area contributed by atoms with Crippen molar-refractivity contribution in [1.29, 1.82) is 0 Å². The van der Waals surface area contributed by atoms with Crippen LogP contribution in [0.1, 0.15) is 5.82 Å². The zero-order valence-electron chi connectivity index (χ0n) is 14.2. The van der Waals surface area contributed by atoms with E-state index in [4.69, 9.17) is 16.3 Å².